The molecule has 2 aromatic rings. The highest BCUT2D eigenvalue weighted by molar-refractivity contribution is 5.62. The number of anilines is 1. The normalized spacial score (nSPS) is 10.2. The molecule has 1 aromatic heterocycles. The van der Waals surface area contributed by atoms with E-state index in [2.05, 4.69) is 10.3 Å². The highest BCUT2D eigenvalue weighted by atomic mass is 16.6. The van der Waals surface area contributed by atoms with Crippen molar-refractivity contribution in [1.29, 1.82) is 0 Å². The van der Waals surface area contributed by atoms with Crippen LogP contribution in [0.4, 0.5) is 11.4 Å². The summed E-state index contributed by atoms with van der Waals surface area (Å²) >= 11 is 0. The van der Waals surface area contributed by atoms with Crippen molar-refractivity contribution >= 4 is 11.4 Å². The van der Waals surface area contributed by atoms with E-state index in [0.29, 0.717) is 12.2 Å². The summed E-state index contributed by atoms with van der Waals surface area (Å²) in [6.07, 6.45) is 3.37. The lowest BCUT2D eigenvalue weighted by Crippen LogP contribution is -2.04. The molecule has 0 aliphatic carbocycles. The molecule has 0 atom stereocenters. The van der Waals surface area contributed by atoms with E-state index in [1.807, 2.05) is 12.1 Å². The molecule has 0 saturated heterocycles. The molecule has 0 amide bonds. The lowest BCUT2D eigenvalue weighted by molar-refractivity contribution is -0.384. The third kappa shape index (κ3) is 3.26. The van der Waals surface area contributed by atoms with Gasteiger partial charge >= 0.3 is 0 Å². The quantitative estimate of drug-likeness (QED) is 0.632. The van der Waals surface area contributed by atoms with Crippen molar-refractivity contribution in [2.75, 3.05) is 5.32 Å². The Morgan fingerprint density at radius 3 is 2.58 bits per heavy atom. The molecule has 98 valence electrons. The number of hydrogen-bond donors (Lipinski definition) is 2. The van der Waals surface area contributed by atoms with E-state index >= 15 is 0 Å². The van der Waals surface area contributed by atoms with Gasteiger partial charge in [-0.05, 0) is 29.3 Å². The van der Waals surface area contributed by atoms with Crippen LogP contribution in [0.25, 0.3) is 0 Å². The molecule has 19 heavy (non-hydrogen) atoms. The smallest absolute Gasteiger partial charge is 0.292 e. The molecule has 0 spiro atoms. The Morgan fingerprint density at radius 2 is 1.95 bits per heavy atom. The highest BCUT2D eigenvalue weighted by Crippen LogP contribution is 2.25. The van der Waals surface area contributed by atoms with Crippen LogP contribution in [0.3, 0.4) is 0 Å². The molecule has 1 heterocycles. The third-order valence-electron chi connectivity index (χ3n) is 2.73. The lowest BCUT2D eigenvalue weighted by Gasteiger charge is -2.08. The second-order valence-electron chi connectivity index (χ2n) is 4.02. The van der Waals surface area contributed by atoms with E-state index in [1.165, 1.54) is 6.07 Å². The van der Waals surface area contributed by atoms with Crippen molar-refractivity contribution in [3.63, 3.8) is 0 Å². The molecule has 0 fully saturated rings. The van der Waals surface area contributed by atoms with Crippen molar-refractivity contribution in [3.8, 4) is 0 Å². The number of aromatic nitrogens is 1. The first kappa shape index (κ1) is 13.0. The minimum atomic E-state index is -0.409. The van der Waals surface area contributed by atoms with Crippen molar-refractivity contribution in [2.45, 2.75) is 13.1 Å². The van der Waals surface area contributed by atoms with E-state index in [9.17, 15) is 10.1 Å². The number of pyridine rings is 1. The summed E-state index contributed by atoms with van der Waals surface area (Å²) in [5, 5.41) is 14.1. The number of nitro groups is 1. The largest absolute Gasteiger partial charge is 0.375 e. The number of nitro benzene ring substituents is 1. The van der Waals surface area contributed by atoms with Crippen LogP contribution in [0.5, 0.6) is 0 Å². The SMILES string of the molecule is NCc1ccc(NCc2ccncc2)c([N+](=O)[O-])c1. The van der Waals surface area contributed by atoms with Gasteiger partial charge in [0, 0.05) is 31.5 Å². The first-order valence-corrected chi connectivity index (χ1v) is 5.81. The van der Waals surface area contributed by atoms with Crippen LogP contribution >= 0.6 is 0 Å². The monoisotopic (exact) mass is 258 g/mol. The van der Waals surface area contributed by atoms with Crippen LogP contribution in [0.2, 0.25) is 0 Å². The Morgan fingerprint density at radius 1 is 1.21 bits per heavy atom. The summed E-state index contributed by atoms with van der Waals surface area (Å²) < 4.78 is 0. The van der Waals surface area contributed by atoms with Crippen molar-refractivity contribution < 1.29 is 4.92 Å². The fraction of sp³-hybridized carbons (Fsp3) is 0.154. The first-order chi connectivity index (χ1) is 9.20. The fourth-order valence-corrected chi connectivity index (χ4v) is 1.70. The molecule has 0 unspecified atom stereocenters. The standard InChI is InChI=1S/C13H14N4O2/c14-8-11-1-2-12(13(7-11)17(18)19)16-9-10-3-5-15-6-4-10/h1-7,16H,8-9,14H2. The topological polar surface area (TPSA) is 94.1 Å². The van der Waals surface area contributed by atoms with Crippen LogP contribution in [0.15, 0.2) is 42.7 Å². The molecule has 2 rings (SSSR count). The zero-order chi connectivity index (χ0) is 13.7. The lowest BCUT2D eigenvalue weighted by atomic mass is 10.1. The number of rotatable bonds is 5. The molecular weight excluding hydrogens is 244 g/mol. The van der Waals surface area contributed by atoms with Crippen molar-refractivity contribution in [1.82, 2.24) is 4.98 Å². The Bertz CT molecular complexity index is 572. The molecule has 0 saturated carbocycles. The first-order valence-electron chi connectivity index (χ1n) is 5.81. The maximum atomic E-state index is 11.0. The van der Waals surface area contributed by atoms with Crippen LogP contribution in [0.1, 0.15) is 11.1 Å². The molecule has 3 N–H and O–H groups in total. The van der Waals surface area contributed by atoms with Gasteiger partial charge in [0.2, 0.25) is 0 Å². The summed E-state index contributed by atoms with van der Waals surface area (Å²) in [5.74, 6) is 0. The predicted octanol–water partition coefficient (Wildman–Crippen LogP) is 2.06. The third-order valence-corrected chi connectivity index (χ3v) is 2.73. The zero-order valence-electron chi connectivity index (χ0n) is 10.2. The Labute approximate surface area is 110 Å². The van der Waals surface area contributed by atoms with Crippen LogP contribution < -0.4 is 11.1 Å². The van der Waals surface area contributed by atoms with E-state index in [-0.39, 0.29) is 12.2 Å². The van der Waals surface area contributed by atoms with Gasteiger partial charge in [-0.15, -0.1) is 0 Å². The van der Waals surface area contributed by atoms with E-state index in [1.54, 1.807) is 24.5 Å². The molecule has 6 nitrogen and oxygen atoms in total. The number of nitrogens with one attached hydrogen (secondary N) is 1. The van der Waals surface area contributed by atoms with E-state index in [4.69, 9.17) is 5.73 Å². The van der Waals surface area contributed by atoms with E-state index in [0.717, 1.165) is 11.1 Å². The second-order valence-corrected chi connectivity index (χ2v) is 4.02. The average Bonchev–Trinajstić information content (AvgIpc) is 2.46. The minimum Gasteiger partial charge on any atom is -0.375 e. The van der Waals surface area contributed by atoms with Crippen molar-refractivity contribution in [3.05, 3.63) is 64.0 Å². The van der Waals surface area contributed by atoms with Gasteiger partial charge in [-0.25, -0.2) is 0 Å². The van der Waals surface area contributed by atoms with Crippen LogP contribution in [0, 0.1) is 10.1 Å². The molecular formula is C13H14N4O2. The number of nitrogens with zero attached hydrogens (tertiary/aromatic N) is 2. The number of benzene rings is 1. The average molecular weight is 258 g/mol. The van der Waals surface area contributed by atoms with E-state index < -0.39 is 4.92 Å². The zero-order valence-corrected chi connectivity index (χ0v) is 10.2. The number of nitrogens with two attached hydrogens (primary N) is 1. The summed E-state index contributed by atoms with van der Waals surface area (Å²) in [7, 11) is 0. The number of hydrogen-bond acceptors (Lipinski definition) is 5. The van der Waals surface area contributed by atoms with Gasteiger partial charge in [-0.2, -0.15) is 0 Å². The minimum absolute atomic E-state index is 0.0389. The molecule has 0 bridgehead atoms. The van der Waals surface area contributed by atoms with Crippen LogP contribution in [-0.2, 0) is 13.1 Å². The van der Waals surface area contributed by atoms with Gasteiger partial charge in [0.1, 0.15) is 5.69 Å². The predicted molar refractivity (Wildman–Crippen MR) is 72.6 cm³/mol. The molecule has 0 aliphatic rings. The summed E-state index contributed by atoms with van der Waals surface area (Å²) in [6.45, 7) is 0.788. The van der Waals surface area contributed by atoms with Gasteiger partial charge in [0.25, 0.3) is 5.69 Å². The highest BCUT2D eigenvalue weighted by Gasteiger charge is 2.13. The Hall–Kier alpha value is -2.47. The Kier molecular flexibility index (Phi) is 4.04. The summed E-state index contributed by atoms with van der Waals surface area (Å²) in [4.78, 5) is 14.5. The molecule has 1 aromatic carbocycles. The van der Waals surface area contributed by atoms with Gasteiger partial charge < -0.3 is 11.1 Å². The van der Waals surface area contributed by atoms with Crippen molar-refractivity contribution in [2.24, 2.45) is 5.73 Å². The van der Waals surface area contributed by atoms with Crippen LogP contribution in [-0.4, -0.2) is 9.91 Å². The van der Waals surface area contributed by atoms with Gasteiger partial charge in [0.05, 0.1) is 4.92 Å². The second kappa shape index (κ2) is 5.92. The molecule has 6 heteroatoms. The van der Waals surface area contributed by atoms with Gasteiger partial charge in [0.15, 0.2) is 0 Å². The fourth-order valence-electron chi connectivity index (χ4n) is 1.70. The van der Waals surface area contributed by atoms with Gasteiger partial charge in [-0.3, -0.25) is 15.1 Å². The summed E-state index contributed by atoms with van der Waals surface area (Å²) in [5.41, 5.74) is 7.75. The maximum absolute atomic E-state index is 11.0. The maximum Gasteiger partial charge on any atom is 0.292 e. The summed E-state index contributed by atoms with van der Waals surface area (Å²) in [6, 6.07) is 8.67. The Balaban J connectivity index is 2.18. The molecule has 0 aliphatic heterocycles. The van der Waals surface area contributed by atoms with Gasteiger partial charge in [-0.1, -0.05) is 6.07 Å². The molecule has 0 radical (unpaired) electrons.